The standard InChI is InChI=1S/C25H21Cl2N6O12P3/c1-25(2)12-5-11(3-4-14(12)32-15-6-13(26)22(35)20(27)19(15)25)43-47(37,38)45-48(39,40)44-46(36)41-8-17-16(34)7-18(42-17)33-10-31-21-23(28)29-9-30-24(21)33/h3-6,9-10,17-18H,7-8H2,1-2H3,(H3-,28,29,30,37,38,39,40)/p+1. The average molecular weight is 762 g/mol. The number of carbonyl (C=O) groups is 2. The number of anilines is 1. The van der Waals surface area contributed by atoms with E-state index in [4.69, 9.17) is 42.7 Å². The van der Waals surface area contributed by atoms with Crippen molar-refractivity contribution in [3.63, 3.8) is 0 Å². The van der Waals surface area contributed by atoms with Gasteiger partial charge in [-0.25, -0.2) is 29.1 Å². The third-order valence-electron chi connectivity index (χ3n) is 7.34. The first-order chi connectivity index (χ1) is 22.5. The first-order valence-corrected chi connectivity index (χ1v) is 18.3. The van der Waals surface area contributed by atoms with Gasteiger partial charge < -0.3 is 15.0 Å². The number of aromatic nitrogens is 4. The first-order valence-electron chi connectivity index (χ1n) is 13.5. The minimum absolute atomic E-state index is 0.112. The lowest BCUT2D eigenvalue weighted by Gasteiger charge is -2.36. The summed E-state index contributed by atoms with van der Waals surface area (Å²) >= 11 is 12.3. The topological polar surface area (TPSA) is 254 Å². The quantitative estimate of drug-likeness (QED) is 0.185. The molecule has 18 nitrogen and oxygen atoms in total. The molecule has 0 amide bonds. The van der Waals surface area contributed by atoms with Gasteiger partial charge in [-0.15, -0.1) is 4.52 Å². The average Bonchev–Trinajstić information content (AvgIpc) is 3.58. The first kappa shape index (κ1) is 34.6. The molecule has 1 aromatic carbocycles. The summed E-state index contributed by atoms with van der Waals surface area (Å²) < 4.78 is 63.0. The molecule has 0 spiro atoms. The van der Waals surface area contributed by atoms with E-state index in [9.17, 15) is 33.1 Å². The molecule has 4 N–H and O–H groups in total. The molecule has 252 valence electrons. The number of aliphatic imine (C=N–C) groups is 1. The van der Waals surface area contributed by atoms with Gasteiger partial charge in [-0.05, 0) is 34.1 Å². The van der Waals surface area contributed by atoms with E-state index in [0.717, 1.165) is 0 Å². The molecule has 6 rings (SSSR count). The number of phosphoric acid groups is 2. The number of benzene rings is 1. The van der Waals surface area contributed by atoms with Crippen LogP contribution in [0.5, 0.6) is 5.75 Å². The van der Waals surface area contributed by atoms with Gasteiger partial charge in [0.25, 0.3) is 0 Å². The fourth-order valence-corrected chi connectivity index (χ4v) is 8.98. The van der Waals surface area contributed by atoms with Crippen molar-refractivity contribution in [1.29, 1.82) is 0 Å². The van der Waals surface area contributed by atoms with Crippen LogP contribution < -0.4 is 10.3 Å². The Bertz CT molecular complexity index is 2120. The molecule has 1 saturated heterocycles. The second kappa shape index (κ2) is 12.6. The zero-order chi connectivity index (χ0) is 34.8. The highest BCUT2D eigenvalue weighted by Crippen LogP contribution is 2.64. The van der Waals surface area contributed by atoms with Gasteiger partial charge in [0.2, 0.25) is 5.78 Å². The lowest BCUT2D eigenvalue weighted by Crippen LogP contribution is -2.32. The molecule has 2 aliphatic heterocycles. The number of allylic oxidation sites excluding steroid dienone is 4. The van der Waals surface area contributed by atoms with E-state index >= 15 is 0 Å². The maximum Gasteiger partial charge on any atom is 0.708 e. The van der Waals surface area contributed by atoms with E-state index < -0.39 is 59.8 Å². The van der Waals surface area contributed by atoms with Crippen molar-refractivity contribution in [2.75, 3.05) is 12.3 Å². The molecule has 48 heavy (non-hydrogen) atoms. The Morgan fingerprint density at radius 2 is 1.92 bits per heavy atom. The highest BCUT2D eigenvalue weighted by atomic mass is 35.5. The number of nitrogen functional groups attached to an aromatic ring is 1. The third kappa shape index (κ3) is 6.67. The molecule has 0 saturated carbocycles. The summed E-state index contributed by atoms with van der Waals surface area (Å²) in [6.45, 7) is 2.77. The van der Waals surface area contributed by atoms with E-state index in [-0.39, 0.29) is 28.1 Å². The van der Waals surface area contributed by atoms with Crippen molar-refractivity contribution in [2.24, 2.45) is 4.99 Å². The number of Topliss-reactive ketones (excluding diaryl/α,β-unsaturated/α-hetero) is 2. The minimum atomic E-state index is -5.57. The highest BCUT2D eigenvalue weighted by Gasteiger charge is 2.47. The number of carbonyl (C=O) groups excluding carboxylic acids is 2. The van der Waals surface area contributed by atoms with E-state index in [2.05, 4.69) is 28.6 Å². The summed E-state index contributed by atoms with van der Waals surface area (Å²) in [5, 5.41) is -0.260. The maximum atomic E-state index is 12.7. The number of ether oxygens (including phenoxy) is 1. The minimum Gasteiger partial charge on any atom is -0.404 e. The predicted octanol–water partition coefficient (Wildman–Crippen LogP) is 4.81. The lowest BCUT2D eigenvalue weighted by molar-refractivity contribution is -0.124. The molecule has 5 atom stereocenters. The van der Waals surface area contributed by atoms with Gasteiger partial charge in [0.15, 0.2) is 17.2 Å². The number of phosphoric ester groups is 1. The fraction of sp³-hybridized carbons (Fsp3) is 0.280. The number of hydrogen-bond acceptors (Lipinski definition) is 15. The van der Waals surface area contributed by atoms with Crippen LogP contribution in [0.3, 0.4) is 0 Å². The molecule has 4 heterocycles. The summed E-state index contributed by atoms with van der Waals surface area (Å²) in [7, 11) is -14.5. The lowest BCUT2D eigenvalue weighted by atomic mass is 9.71. The van der Waals surface area contributed by atoms with Crippen molar-refractivity contribution in [1.82, 2.24) is 19.5 Å². The van der Waals surface area contributed by atoms with Crippen LogP contribution in [0.25, 0.3) is 11.2 Å². The summed E-state index contributed by atoms with van der Waals surface area (Å²) in [5.41, 5.74) is 6.93. The molecule has 3 aliphatic rings. The van der Waals surface area contributed by atoms with E-state index in [1.54, 1.807) is 13.8 Å². The van der Waals surface area contributed by atoms with Crippen molar-refractivity contribution < 1.29 is 55.5 Å². The molecule has 23 heteroatoms. The summed E-state index contributed by atoms with van der Waals surface area (Å²) in [4.78, 5) is 61.6. The van der Waals surface area contributed by atoms with Crippen LogP contribution in [0, 0.1) is 0 Å². The maximum absolute atomic E-state index is 12.7. The molecular weight excluding hydrogens is 740 g/mol. The Labute approximate surface area is 280 Å². The Morgan fingerprint density at radius 3 is 2.67 bits per heavy atom. The van der Waals surface area contributed by atoms with Gasteiger partial charge in [-0.1, -0.05) is 37.0 Å². The van der Waals surface area contributed by atoms with E-state index in [0.29, 0.717) is 33.7 Å². The largest absolute Gasteiger partial charge is 0.708 e. The number of ketones is 2. The third-order valence-corrected chi connectivity index (χ3v) is 11.8. The second-order valence-electron chi connectivity index (χ2n) is 10.9. The van der Waals surface area contributed by atoms with Crippen LogP contribution in [0.4, 0.5) is 11.5 Å². The highest BCUT2D eigenvalue weighted by molar-refractivity contribution is 7.64. The number of nitrogens with two attached hydrogens (primary N) is 1. The number of fused-ring (bicyclic) bond motifs is 3. The van der Waals surface area contributed by atoms with Gasteiger partial charge in [0.05, 0.1) is 34.2 Å². The molecule has 5 unspecified atom stereocenters. The normalized spacial score (nSPS) is 23.2. The zero-order valence-corrected chi connectivity index (χ0v) is 28.6. The number of imidazole rings is 1. The Hall–Kier alpha value is -3.24. The van der Waals surface area contributed by atoms with Gasteiger partial charge >= 0.3 is 23.9 Å². The number of nitrogens with zero attached hydrogens (tertiary/aromatic N) is 5. The van der Waals surface area contributed by atoms with Gasteiger partial charge in [-0.3, -0.25) is 23.9 Å². The molecule has 0 bridgehead atoms. The van der Waals surface area contributed by atoms with Gasteiger partial charge in [0, 0.05) is 15.6 Å². The molecule has 0 radical (unpaired) electrons. The monoisotopic (exact) mass is 761 g/mol. The van der Waals surface area contributed by atoms with Crippen molar-refractivity contribution in [3.8, 4) is 5.75 Å². The van der Waals surface area contributed by atoms with Crippen LogP contribution in [-0.2, 0) is 46.6 Å². The molecule has 2 aromatic heterocycles. The molecule has 3 aromatic rings. The van der Waals surface area contributed by atoms with Crippen molar-refractivity contribution >= 4 is 87.0 Å². The van der Waals surface area contributed by atoms with Crippen LogP contribution in [0.1, 0.15) is 32.1 Å². The van der Waals surface area contributed by atoms with Gasteiger partial charge in [0.1, 0.15) is 36.5 Å². The van der Waals surface area contributed by atoms with Crippen molar-refractivity contribution in [2.45, 2.75) is 38.0 Å². The Balaban J connectivity index is 1.07. The van der Waals surface area contributed by atoms with Crippen molar-refractivity contribution in [3.05, 3.63) is 58.1 Å². The van der Waals surface area contributed by atoms with Gasteiger partial charge in [-0.2, -0.15) is 4.31 Å². The van der Waals surface area contributed by atoms with Crippen LogP contribution >= 0.6 is 47.1 Å². The SMILES string of the molecule is CC1(C)C2=C(Cl)C(=O)C(Cl)=CC2=Nc2ccc(OP(=O)(O)OP(=O)(O)O[P+](=O)OCC3OC(n4cnc5c(N)ncnc54)CC3=O)cc21. The summed E-state index contributed by atoms with van der Waals surface area (Å²) in [6, 6.07) is 3.96. The van der Waals surface area contributed by atoms with Crippen LogP contribution in [0.15, 0.2) is 57.6 Å². The number of halogens is 2. The van der Waals surface area contributed by atoms with E-state index in [1.165, 1.54) is 41.5 Å². The Morgan fingerprint density at radius 1 is 1.17 bits per heavy atom. The number of hydrogen-bond donors (Lipinski definition) is 3. The zero-order valence-electron chi connectivity index (χ0n) is 24.4. The van der Waals surface area contributed by atoms with E-state index in [1.807, 2.05) is 0 Å². The van der Waals surface area contributed by atoms with Crippen LogP contribution in [-0.4, -0.2) is 59.3 Å². The fourth-order valence-electron chi connectivity index (χ4n) is 5.23. The molecule has 1 fully saturated rings. The second-order valence-corrected chi connectivity index (χ2v) is 15.7. The molecular formula is C25H22Cl2N6O12P3+. The summed E-state index contributed by atoms with van der Waals surface area (Å²) in [6.07, 6.45) is 1.67. The summed E-state index contributed by atoms with van der Waals surface area (Å²) in [5.74, 6) is -1.24. The Kier molecular flexibility index (Phi) is 9.07. The molecule has 1 aliphatic carbocycles. The predicted molar refractivity (Wildman–Crippen MR) is 168 cm³/mol. The number of rotatable bonds is 10. The smallest absolute Gasteiger partial charge is 0.404 e. The van der Waals surface area contributed by atoms with Crippen LogP contribution in [0.2, 0.25) is 0 Å².